The van der Waals surface area contributed by atoms with E-state index in [4.69, 9.17) is 9.84 Å². The van der Waals surface area contributed by atoms with Crippen molar-refractivity contribution in [2.75, 3.05) is 18.1 Å². The van der Waals surface area contributed by atoms with E-state index >= 15 is 0 Å². The quantitative estimate of drug-likeness (QED) is 0.901. The fourth-order valence-electron chi connectivity index (χ4n) is 2.13. The number of aromatic nitrogens is 2. The van der Waals surface area contributed by atoms with Crippen LogP contribution in [0.25, 0.3) is 0 Å². The molecule has 1 aliphatic rings. The van der Waals surface area contributed by atoms with E-state index in [9.17, 15) is 4.79 Å². The maximum atomic E-state index is 11.0. The smallest absolute Gasteiger partial charge is 0.354 e. The van der Waals surface area contributed by atoms with Gasteiger partial charge in [-0.3, -0.25) is 0 Å². The van der Waals surface area contributed by atoms with E-state index in [0.29, 0.717) is 19.1 Å². The van der Waals surface area contributed by atoms with Crippen LogP contribution in [0.3, 0.4) is 0 Å². The zero-order valence-electron chi connectivity index (χ0n) is 10.7. The van der Waals surface area contributed by atoms with Crippen LogP contribution in [0.2, 0.25) is 0 Å². The molecular weight excluding hydrogens is 258 g/mol. The first-order chi connectivity index (χ1) is 9.75. The number of carbonyl (C=O) groups is 1. The van der Waals surface area contributed by atoms with Gasteiger partial charge in [-0.05, 0) is 24.6 Å². The molecule has 1 aromatic carbocycles. The van der Waals surface area contributed by atoms with Crippen LogP contribution in [0.4, 0.5) is 11.6 Å². The van der Waals surface area contributed by atoms with Crippen LogP contribution in [-0.2, 0) is 0 Å². The molecule has 0 unspecified atom stereocenters. The van der Waals surface area contributed by atoms with E-state index in [1.807, 2.05) is 29.2 Å². The third-order valence-electron chi connectivity index (χ3n) is 3.04. The molecule has 3 rings (SSSR count). The van der Waals surface area contributed by atoms with E-state index in [0.717, 1.165) is 17.9 Å². The number of hydrogen-bond donors (Lipinski definition) is 1. The number of ether oxygens (including phenoxy) is 1. The molecule has 20 heavy (non-hydrogen) atoms. The lowest BCUT2D eigenvalue weighted by atomic mass is 10.2. The van der Waals surface area contributed by atoms with Crippen LogP contribution >= 0.6 is 0 Å². The van der Waals surface area contributed by atoms with Gasteiger partial charge in [0.2, 0.25) is 5.95 Å². The van der Waals surface area contributed by atoms with Gasteiger partial charge in [0.1, 0.15) is 5.75 Å². The fourth-order valence-corrected chi connectivity index (χ4v) is 2.13. The Morgan fingerprint density at radius 3 is 3.00 bits per heavy atom. The van der Waals surface area contributed by atoms with E-state index in [-0.39, 0.29) is 5.69 Å². The van der Waals surface area contributed by atoms with Crippen LogP contribution < -0.4 is 9.64 Å². The summed E-state index contributed by atoms with van der Waals surface area (Å²) >= 11 is 0. The van der Waals surface area contributed by atoms with Gasteiger partial charge in [-0.25, -0.2) is 14.8 Å². The molecule has 0 atom stereocenters. The largest absolute Gasteiger partial charge is 0.491 e. The second kappa shape index (κ2) is 5.16. The summed E-state index contributed by atoms with van der Waals surface area (Å²) in [5, 5.41) is 9.02. The van der Waals surface area contributed by atoms with Crippen LogP contribution in [0.15, 0.2) is 36.5 Å². The molecule has 1 aliphatic heterocycles. The molecule has 1 aromatic heterocycles. The third-order valence-corrected chi connectivity index (χ3v) is 3.04. The lowest BCUT2D eigenvalue weighted by Crippen LogP contribution is -2.21. The molecular formula is C14H13N3O3. The minimum Gasteiger partial charge on any atom is -0.491 e. The first-order valence-corrected chi connectivity index (χ1v) is 6.31. The van der Waals surface area contributed by atoms with Crippen LogP contribution in [0.5, 0.6) is 5.75 Å². The third kappa shape index (κ3) is 2.27. The van der Waals surface area contributed by atoms with Gasteiger partial charge in [-0.2, -0.15) is 0 Å². The topological polar surface area (TPSA) is 75.5 Å². The SMILES string of the molecule is O=C(O)c1ccnc(N2CCCOc3ccccc32)n1. The maximum Gasteiger partial charge on any atom is 0.354 e. The number of para-hydroxylation sites is 2. The number of hydrogen-bond acceptors (Lipinski definition) is 5. The molecule has 0 bridgehead atoms. The molecule has 2 heterocycles. The molecule has 0 saturated carbocycles. The molecule has 102 valence electrons. The average Bonchev–Trinajstić information content (AvgIpc) is 2.69. The Balaban J connectivity index is 2.05. The summed E-state index contributed by atoms with van der Waals surface area (Å²) in [4.78, 5) is 21.2. The van der Waals surface area contributed by atoms with Gasteiger partial charge in [0.25, 0.3) is 0 Å². The van der Waals surface area contributed by atoms with Gasteiger partial charge in [-0.15, -0.1) is 0 Å². The normalized spacial score (nSPS) is 14.1. The van der Waals surface area contributed by atoms with Gasteiger partial charge in [0.05, 0.1) is 12.3 Å². The Morgan fingerprint density at radius 2 is 2.15 bits per heavy atom. The molecule has 0 fully saturated rings. The highest BCUT2D eigenvalue weighted by Gasteiger charge is 2.20. The van der Waals surface area contributed by atoms with E-state index in [1.165, 1.54) is 12.3 Å². The molecule has 0 radical (unpaired) electrons. The number of rotatable bonds is 2. The molecule has 1 N–H and O–H groups in total. The Morgan fingerprint density at radius 1 is 1.30 bits per heavy atom. The summed E-state index contributed by atoms with van der Waals surface area (Å²) in [6.45, 7) is 1.30. The first-order valence-electron chi connectivity index (χ1n) is 6.31. The molecule has 2 aromatic rings. The van der Waals surface area contributed by atoms with Crippen molar-refractivity contribution in [3.63, 3.8) is 0 Å². The molecule has 0 spiro atoms. The van der Waals surface area contributed by atoms with Crippen LogP contribution in [0, 0.1) is 0 Å². The Bertz CT molecular complexity index is 645. The highest BCUT2D eigenvalue weighted by Crippen LogP contribution is 2.33. The fraction of sp³-hybridized carbons (Fsp3) is 0.214. The van der Waals surface area contributed by atoms with Gasteiger partial charge in [-0.1, -0.05) is 12.1 Å². The number of anilines is 2. The van der Waals surface area contributed by atoms with Crippen molar-refractivity contribution in [1.29, 1.82) is 0 Å². The number of carboxylic acid groups (broad SMARTS) is 1. The molecule has 6 nitrogen and oxygen atoms in total. The summed E-state index contributed by atoms with van der Waals surface area (Å²) in [5.74, 6) is 0.0742. The number of nitrogens with zero attached hydrogens (tertiary/aromatic N) is 3. The van der Waals surface area contributed by atoms with E-state index in [1.54, 1.807) is 0 Å². The van der Waals surface area contributed by atoms with Gasteiger partial charge >= 0.3 is 5.97 Å². The van der Waals surface area contributed by atoms with Crippen molar-refractivity contribution >= 4 is 17.6 Å². The summed E-state index contributed by atoms with van der Waals surface area (Å²) in [7, 11) is 0. The Hall–Kier alpha value is -2.63. The molecule has 0 amide bonds. The predicted molar refractivity (Wildman–Crippen MR) is 72.6 cm³/mol. The lowest BCUT2D eigenvalue weighted by molar-refractivity contribution is 0.0690. The summed E-state index contributed by atoms with van der Waals surface area (Å²) < 4.78 is 5.66. The highest BCUT2D eigenvalue weighted by molar-refractivity contribution is 5.85. The van der Waals surface area contributed by atoms with Crippen molar-refractivity contribution < 1.29 is 14.6 Å². The summed E-state index contributed by atoms with van der Waals surface area (Å²) in [6.07, 6.45) is 2.27. The zero-order chi connectivity index (χ0) is 13.9. The lowest BCUT2D eigenvalue weighted by Gasteiger charge is -2.21. The highest BCUT2D eigenvalue weighted by atomic mass is 16.5. The molecule has 0 aliphatic carbocycles. The molecule has 6 heteroatoms. The van der Waals surface area contributed by atoms with Crippen molar-refractivity contribution in [3.8, 4) is 5.75 Å². The van der Waals surface area contributed by atoms with Gasteiger partial charge in [0, 0.05) is 12.7 Å². The van der Waals surface area contributed by atoms with Crippen molar-refractivity contribution in [3.05, 3.63) is 42.2 Å². The van der Waals surface area contributed by atoms with Crippen LogP contribution in [-0.4, -0.2) is 34.2 Å². The van der Waals surface area contributed by atoms with E-state index in [2.05, 4.69) is 9.97 Å². The molecule has 0 saturated heterocycles. The number of benzene rings is 1. The average molecular weight is 271 g/mol. The van der Waals surface area contributed by atoms with Crippen molar-refractivity contribution in [2.24, 2.45) is 0 Å². The predicted octanol–water partition coefficient (Wildman–Crippen LogP) is 2.10. The standard InChI is InChI=1S/C14H13N3O3/c18-13(19)10-6-7-15-14(16-10)17-8-3-9-20-12-5-2-1-4-11(12)17/h1-2,4-7H,3,8-9H2,(H,18,19). The number of carboxylic acids is 1. The number of aromatic carboxylic acids is 1. The van der Waals surface area contributed by atoms with Crippen molar-refractivity contribution in [1.82, 2.24) is 9.97 Å². The van der Waals surface area contributed by atoms with Crippen molar-refractivity contribution in [2.45, 2.75) is 6.42 Å². The Labute approximate surface area is 115 Å². The second-order valence-electron chi connectivity index (χ2n) is 4.37. The van der Waals surface area contributed by atoms with Gasteiger partial charge in [0.15, 0.2) is 5.69 Å². The Kier molecular flexibility index (Phi) is 3.20. The second-order valence-corrected chi connectivity index (χ2v) is 4.37. The number of fused-ring (bicyclic) bond motifs is 1. The summed E-state index contributed by atoms with van der Waals surface area (Å²) in [5.41, 5.74) is 0.838. The van der Waals surface area contributed by atoms with Gasteiger partial charge < -0.3 is 14.7 Å². The monoisotopic (exact) mass is 271 g/mol. The minimum absolute atomic E-state index is 0.0161. The van der Waals surface area contributed by atoms with Crippen LogP contribution in [0.1, 0.15) is 16.9 Å². The minimum atomic E-state index is -1.06. The van der Waals surface area contributed by atoms with E-state index < -0.39 is 5.97 Å². The first kappa shape index (κ1) is 12.4. The summed E-state index contributed by atoms with van der Waals surface area (Å²) in [6, 6.07) is 8.98. The maximum absolute atomic E-state index is 11.0. The zero-order valence-corrected chi connectivity index (χ0v) is 10.7.